The van der Waals surface area contributed by atoms with E-state index in [1.165, 1.54) is 100 Å². The van der Waals surface area contributed by atoms with E-state index in [0.717, 1.165) is 79.4 Å². The van der Waals surface area contributed by atoms with Crippen LogP contribution in [0.4, 0.5) is 68.2 Å². The lowest BCUT2D eigenvalue weighted by Gasteiger charge is -2.32. The van der Waals surface area contributed by atoms with E-state index in [9.17, 15) is 0 Å². The zero-order chi connectivity index (χ0) is 66.1. The summed E-state index contributed by atoms with van der Waals surface area (Å²) in [6, 6.07) is 119. The average Bonchev–Trinajstić information content (AvgIpc) is 1.50. The fraction of sp³-hybridized carbons (Fsp3) is 0.0968. The second-order valence-corrected chi connectivity index (χ2v) is 26.8. The molecule has 4 heteroatoms. The lowest BCUT2D eigenvalue weighted by molar-refractivity contribution is 0.794. The first-order valence-corrected chi connectivity index (χ1v) is 33.9. The standard InChI is InChI=1S/C93H76N4/c1-61-23-39-71(40-24-61)94(72-41-25-62(2)26-42-72)79-55-69(56-80(59-79)95(73-43-27-63(3)28-44-73)74-45-29-64(4)30-46-74)83-17-13-21-89-91(83)85-15-9-11-19-87(85)93(89)88-20-12-10-16-86(88)92-84(18-14-22-90(92)93)70-57-81(96(75-47-31-65(5)32-48-75)76-49-33-66(6)34-50-76)60-82(58-70)97(77-51-35-67(7)36-52-77)78-53-37-68(8)38-54-78/h9-60H,1-8H3. The van der Waals surface area contributed by atoms with Crippen molar-refractivity contribution in [3.05, 3.63) is 382 Å². The van der Waals surface area contributed by atoms with E-state index < -0.39 is 5.41 Å². The van der Waals surface area contributed by atoms with E-state index in [-0.39, 0.29) is 0 Å². The summed E-state index contributed by atoms with van der Waals surface area (Å²) in [4.78, 5) is 9.72. The minimum Gasteiger partial charge on any atom is -0.310 e. The average molecular weight is 1250 g/mol. The third kappa shape index (κ3) is 10.8. The van der Waals surface area contributed by atoms with E-state index in [1.54, 1.807) is 0 Å². The van der Waals surface area contributed by atoms with E-state index in [1.807, 2.05) is 0 Å². The molecule has 0 saturated heterocycles. The van der Waals surface area contributed by atoms with Gasteiger partial charge >= 0.3 is 0 Å². The maximum absolute atomic E-state index is 2.43. The van der Waals surface area contributed by atoms with E-state index in [0.29, 0.717) is 0 Å². The van der Waals surface area contributed by atoms with Crippen LogP contribution in [0.2, 0.25) is 0 Å². The molecule has 97 heavy (non-hydrogen) atoms. The smallest absolute Gasteiger partial charge is 0.0725 e. The molecule has 0 radical (unpaired) electrons. The van der Waals surface area contributed by atoms with Crippen LogP contribution in [0.25, 0.3) is 44.5 Å². The summed E-state index contributed by atoms with van der Waals surface area (Å²) in [6.45, 7) is 17.3. The Balaban J connectivity index is 0.950. The highest BCUT2D eigenvalue weighted by atomic mass is 15.2. The summed E-state index contributed by atoms with van der Waals surface area (Å²) in [5.41, 5.74) is 36.6. The molecule has 14 aromatic rings. The van der Waals surface area contributed by atoms with Crippen LogP contribution in [0.15, 0.2) is 315 Å². The van der Waals surface area contributed by atoms with Crippen LogP contribution in [0.5, 0.6) is 0 Å². The quantitative estimate of drug-likeness (QED) is 0.108. The maximum Gasteiger partial charge on any atom is 0.0725 e. The molecule has 0 saturated carbocycles. The number of anilines is 12. The Morgan fingerprint density at radius 1 is 0.175 bits per heavy atom. The summed E-state index contributed by atoms with van der Waals surface area (Å²) in [7, 11) is 0. The maximum atomic E-state index is 2.43. The molecule has 2 aliphatic rings. The summed E-state index contributed by atoms with van der Waals surface area (Å²) in [5, 5.41) is 0. The molecule has 0 N–H and O–H groups in total. The Hall–Kier alpha value is -11.7. The fourth-order valence-corrected chi connectivity index (χ4v) is 15.1. The van der Waals surface area contributed by atoms with Gasteiger partial charge in [-0.05, 0) is 256 Å². The highest BCUT2D eigenvalue weighted by molar-refractivity contribution is 6.04. The molecule has 16 rings (SSSR count). The molecule has 2 aliphatic carbocycles. The van der Waals surface area contributed by atoms with Crippen LogP contribution < -0.4 is 19.6 Å². The lowest BCUT2D eigenvalue weighted by Crippen LogP contribution is -2.25. The molecule has 0 bridgehead atoms. The topological polar surface area (TPSA) is 13.0 Å². The first-order chi connectivity index (χ1) is 47.3. The third-order valence-electron chi connectivity index (χ3n) is 19.9. The summed E-state index contributed by atoms with van der Waals surface area (Å²) < 4.78 is 0. The molecule has 1 spiro atoms. The number of benzene rings is 14. The van der Waals surface area contributed by atoms with Crippen molar-refractivity contribution in [3.63, 3.8) is 0 Å². The van der Waals surface area contributed by atoms with Crippen molar-refractivity contribution in [3.8, 4) is 44.5 Å². The molecule has 14 aromatic carbocycles. The summed E-state index contributed by atoms with van der Waals surface area (Å²) >= 11 is 0. The van der Waals surface area contributed by atoms with Crippen molar-refractivity contribution in [1.82, 2.24) is 0 Å². The van der Waals surface area contributed by atoms with Crippen LogP contribution in [-0.2, 0) is 5.41 Å². The molecule has 0 atom stereocenters. The van der Waals surface area contributed by atoms with Crippen LogP contribution in [0.1, 0.15) is 66.8 Å². The van der Waals surface area contributed by atoms with Crippen LogP contribution in [0.3, 0.4) is 0 Å². The minimum absolute atomic E-state index is 0.678. The Kier molecular flexibility index (Phi) is 15.3. The molecule has 0 fully saturated rings. The Labute approximate surface area is 571 Å². The number of rotatable bonds is 14. The van der Waals surface area contributed by atoms with Crippen molar-refractivity contribution in [2.45, 2.75) is 60.8 Å². The van der Waals surface area contributed by atoms with Gasteiger partial charge in [0.05, 0.1) is 5.41 Å². The van der Waals surface area contributed by atoms with Crippen molar-refractivity contribution >= 4 is 68.2 Å². The first kappa shape index (κ1) is 60.2. The Bertz CT molecular complexity index is 4520. The number of hydrogen-bond acceptors (Lipinski definition) is 4. The number of aryl methyl sites for hydroxylation is 8. The molecule has 0 aromatic heterocycles. The van der Waals surface area contributed by atoms with Crippen LogP contribution >= 0.6 is 0 Å². The van der Waals surface area contributed by atoms with Gasteiger partial charge in [-0.2, -0.15) is 0 Å². The molecule has 0 heterocycles. The van der Waals surface area contributed by atoms with Crippen LogP contribution in [0, 0.1) is 55.4 Å². The molecular formula is C93H76N4. The predicted octanol–water partition coefficient (Wildman–Crippen LogP) is 25.7. The van der Waals surface area contributed by atoms with Crippen LogP contribution in [-0.4, -0.2) is 0 Å². The first-order valence-electron chi connectivity index (χ1n) is 33.9. The van der Waals surface area contributed by atoms with Crippen molar-refractivity contribution in [2.24, 2.45) is 0 Å². The van der Waals surface area contributed by atoms with E-state index >= 15 is 0 Å². The van der Waals surface area contributed by atoms with Crippen molar-refractivity contribution in [2.75, 3.05) is 19.6 Å². The van der Waals surface area contributed by atoms with Crippen molar-refractivity contribution < 1.29 is 0 Å². The van der Waals surface area contributed by atoms with Gasteiger partial charge in [0.15, 0.2) is 0 Å². The Morgan fingerprint density at radius 3 is 0.598 bits per heavy atom. The molecule has 4 nitrogen and oxygen atoms in total. The van der Waals surface area contributed by atoms with Gasteiger partial charge in [-0.25, -0.2) is 0 Å². The zero-order valence-corrected chi connectivity index (χ0v) is 56.3. The number of hydrogen-bond donors (Lipinski definition) is 0. The normalized spacial score (nSPS) is 12.2. The van der Waals surface area contributed by atoms with Crippen molar-refractivity contribution in [1.29, 1.82) is 0 Å². The number of fused-ring (bicyclic) bond motifs is 10. The second-order valence-electron chi connectivity index (χ2n) is 26.8. The van der Waals surface area contributed by atoms with E-state index in [4.69, 9.17) is 0 Å². The minimum atomic E-state index is -0.678. The summed E-state index contributed by atoms with van der Waals surface area (Å²) in [6.07, 6.45) is 0. The van der Waals surface area contributed by atoms with Gasteiger partial charge < -0.3 is 19.6 Å². The highest BCUT2D eigenvalue weighted by Gasteiger charge is 2.53. The largest absolute Gasteiger partial charge is 0.310 e. The molecular weight excluding hydrogens is 1170 g/mol. The third-order valence-corrected chi connectivity index (χ3v) is 19.9. The van der Waals surface area contributed by atoms with Gasteiger partial charge in [-0.1, -0.05) is 226 Å². The highest BCUT2D eigenvalue weighted by Crippen LogP contribution is 2.66. The SMILES string of the molecule is Cc1ccc(N(c2ccc(C)cc2)c2cc(-c3cccc4c3-c3ccccc3C43c4ccccc4-c4c(-c5cc(N(c6ccc(C)cc6)c6ccc(C)cc6)cc(N(c6ccc(C)cc6)c6ccc(C)cc6)c5)cccc43)cc(N(c3ccc(C)cc3)c3ccc(C)cc3)c2)cc1. The lowest BCUT2D eigenvalue weighted by atomic mass is 9.70. The second kappa shape index (κ2) is 24.6. The fourth-order valence-electron chi connectivity index (χ4n) is 15.1. The van der Waals surface area contributed by atoms with Gasteiger partial charge in [0.25, 0.3) is 0 Å². The van der Waals surface area contributed by atoms with E-state index in [2.05, 4.69) is 390 Å². The van der Waals surface area contributed by atoms with Gasteiger partial charge in [0.1, 0.15) is 0 Å². The van der Waals surface area contributed by atoms with Gasteiger partial charge in [0.2, 0.25) is 0 Å². The Morgan fingerprint density at radius 2 is 0.371 bits per heavy atom. The predicted molar refractivity (Wildman–Crippen MR) is 410 cm³/mol. The molecule has 0 unspecified atom stereocenters. The van der Waals surface area contributed by atoms with Gasteiger partial charge in [-0.3, -0.25) is 0 Å². The van der Waals surface area contributed by atoms with Gasteiger partial charge in [-0.15, -0.1) is 0 Å². The molecule has 0 aliphatic heterocycles. The summed E-state index contributed by atoms with van der Waals surface area (Å²) in [5.74, 6) is 0. The monoisotopic (exact) mass is 1250 g/mol. The number of nitrogens with zero attached hydrogens (tertiary/aromatic N) is 4. The molecule has 468 valence electrons. The van der Waals surface area contributed by atoms with Gasteiger partial charge in [0, 0.05) is 68.2 Å². The molecule has 0 amide bonds. The zero-order valence-electron chi connectivity index (χ0n) is 56.3.